The summed E-state index contributed by atoms with van der Waals surface area (Å²) in [5, 5.41) is 5.74. The number of rotatable bonds is 4. The molecule has 0 atom stereocenters. The Balaban J connectivity index is 1.23. The normalized spacial score (nSPS) is 14.5. The molecular weight excluding hydrogens is 740 g/mol. The number of benzene rings is 8. The van der Waals surface area contributed by atoms with Gasteiger partial charge in [0.25, 0.3) is 6.71 Å². The van der Waals surface area contributed by atoms with Crippen LogP contribution in [-0.2, 0) is 10.8 Å². The number of anilines is 6. The van der Waals surface area contributed by atoms with Gasteiger partial charge in [-0.05, 0) is 119 Å². The van der Waals surface area contributed by atoms with E-state index < -0.39 is 8.07 Å². The van der Waals surface area contributed by atoms with E-state index in [9.17, 15) is 0 Å². The Morgan fingerprint density at radius 3 is 1.57 bits per heavy atom. The Bertz CT molecular complexity index is 2920. The fraction of sp³-hybridized carbons (Fsp3) is 0.143. The van der Waals surface area contributed by atoms with Gasteiger partial charge in [0.15, 0.2) is 8.07 Å². The van der Waals surface area contributed by atoms with Gasteiger partial charge in [0, 0.05) is 34.1 Å². The number of hydrogen-bond donors (Lipinski definition) is 0. The van der Waals surface area contributed by atoms with Crippen LogP contribution in [0.1, 0.15) is 52.7 Å². The van der Waals surface area contributed by atoms with E-state index >= 15 is 0 Å². The SMILES string of the molecule is CC(C)(C)c1ccc2c(c1)B1c3ccccc3N(c3ccc4c(c3)[Si](c3ccccc3)(c3ccccc3)c3ccccc3-4)c3cc(C(C)(C)C)cc(c31)N2c1ccccc1. The van der Waals surface area contributed by atoms with Gasteiger partial charge in [0.1, 0.15) is 0 Å². The Morgan fingerprint density at radius 1 is 0.383 bits per heavy atom. The lowest BCUT2D eigenvalue weighted by Crippen LogP contribution is -2.72. The lowest BCUT2D eigenvalue weighted by Gasteiger charge is -2.45. The third-order valence-corrected chi connectivity index (χ3v) is 18.3. The van der Waals surface area contributed by atoms with Gasteiger partial charge >= 0.3 is 0 Å². The van der Waals surface area contributed by atoms with E-state index in [1.54, 1.807) is 0 Å². The summed E-state index contributed by atoms with van der Waals surface area (Å²) in [4.78, 5) is 5.15. The molecule has 0 saturated heterocycles. The standard InChI is InChI=1S/C56H49BN2Si/c1-55(2,3)38-30-33-49-47(34-38)57-46-27-17-18-28-48(46)59(51-36-39(56(4,5)6)35-50(54(51)57)58(49)40-20-10-7-11-21-40)41-31-32-45-44-26-16-19-29-52(44)60(53(45)37-41,42-22-12-8-13-23-42)43-24-14-9-15-25-43/h7-37H,1-6H3. The first kappa shape index (κ1) is 36.7. The van der Waals surface area contributed by atoms with Crippen LogP contribution in [0.15, 0.2) is 188 Å². The van der Waals surface area contributed by atoms with Crippen LogP contribution in [0.25, 0.3) is 11.1 Å². The molecule has 3 heterocycles. The Labute approximate surface area is 356 Å². The van der Waals surface area contributed by atoms with Gasteiger partial charge in [-0.1, -0.05) is 181 Å². The predicted octanol–water partition coefficient (Wildman–Crippen LogP) is 9.72. The molecule has 8 aromatic rings. The van der Waals surface area contributed by atoms with Crippen molar-refractivity contribution in [2.24, 2.45) is 0 Å². The number of nitrogens with zero attached hydrogens (tertiary/aromatic N) is 2. The first-order valence-electron chi connectivity index (χ1n) is 21.5. The molecule has 290 valence electrons. The monoisotopic (exact) mass is 788 g/mol. The first-order chi connectivity index (χ1) is 29.0. The largest absolute Gasteiger partial charge is 0.311 e. The maximum Gasteiger partial charge on any atom is 0.252 e. The maximum absolute atomic E-state index is 2.73. The van der Waals surface area contributed by atoms with Crippen LogP contribution < -0.4 is 46.9 Å². The molecule has 0 aliphatic carbocycles. The molecule has 0 unspecified atom stereocenters. The highest BCUT2D eigenvalue weighted by Crippen LogP contribution is 2.47. The van der Waals surface area contributed by atoms with Crippen molar-refractivity contribution in [1.29, 1.82) is 0 Å². The first-order valence-corrected chi connectivity index (χ1v) is 23.5. The minimum Gasteiger partial charge on any atom is -0.311 e. The molecule has 0 aromatic heterocycles. The van der Waals surface area contributed by atoms with Crippen LogP contribution in [0.4, 0.5) is 34.1 Å². The van der Waals surface area contributed by atoms with E-state index in [0.29, 0.717) is 0 Å². The summed E-state index contributed by atoms with van der Waals surface area (Å²) < 4.78 is 0. The molecule has 0 N–H and O–H groups in total. The zero-order valence-electron chi connectivity index (χ0n) is 35.4. The molecule has 0 spiro atoms. The average Bonchev–Trinajstić information content (AvgIpc) is 3.56. The summed E-state index contributed by atoms with van der Waals surface area (Å²) in [7, 11) is -2.73. The zero-order chi connectivity index (χ0) is 41.0. The van der Waals surface area contributed by atoms with Crippen molar-refractivity contribution in [1.82, 2.24) is 0 Å². The summed E-state index contributed by atoms with van der Waals surface area (Å²) in [6.45, 7) is 14.1. The van der Waals surface area contributed by atoms with Crippen molar-refractivity contribution in [3.8, 4) is 11.1 Å². The van der Waals surface area contributed by atoms with Crippen LogP contribution in [-0.4, -0.2) is 14.8 Å². The molecule has 60 heavy (non-hydrogen) atoms. The lowest BCUT2D eigenvalue weighted by molar-refractivity contribution is 0.590. The average molecular weight is 789 g/mol. The van der Waals surface area contributed by atoms with Gasteiger partial charge in [-0.25, -0.2) is 0 Å². The van der Waals surface area contributed by atoms with Crippen LogP contribution in [0.2, 0.25) is 0 Å². The van der Waals surface area contributed by atoms with Crippen LogP contribution >= 0.6 is 0 Å². The minimum absolute atomic E-state index is 0.00190. The van der Waals surface area contributed by atoms with Gasteiger partial charge < -0.3 is 9.80 Å². The number of fused-ring (bicyclic) bond motifs is 7. The summed E-state index contributed by atoms with van der Waals surface area (Å²) in [6, 6.07) is 71.8. The predicted molar refractivity (Wildman–Crippen MR) is 260 cm³/mol. The van der Waals surface area contributed by atoms with E-state index in [4.69, 9.17) is 0 Å². The zero-order valence-corrected chi connectivity index (χ0v) is 36.4. The second kappa shape index (κ2) is 13.3. The second-order valence-electron chi connectivity index (χ2n) is 19.0. The molecule has 0 bridgehead atoms. The fourth-order valence-electron chi connectivity index (χ4n) is 10.6. The van der Waals surface area contributed by atoms with E-state index in [1.165, 1.54) is 93.5 Å². The summed E-state index contributed by atoms with van der Waals surface area (Å²) in [5.74, 6) is 0. The molecule has 3 aliphatic heterocycles. The van der Waals surface area contributed by atoms with Crippen molar-refractivity contribution in [3.63, 3.8) is 0 Å². The van der Waals surface area contributed by atoms with Crippen LogP contribution in [0.5, 0.6) is 0 Å². The van der Waals surface area contributed by atoms with Crippen LogP contribution in [0.3, 0.4) is 0 Å². The molecule has 11 rings (SSSR count). The summed E-state index contributed by atoms with van der Waals surface area (Å²) >= 11 is 0. The van der Waals surface area contributed by atoms with Crippen molar-refractivity contribution in [2.75, 3.05) is 9.80 Å². The Kier molecular flexibility index (Phi) is 8.15. The molecule has 0 fully saturated rings. The Hall–Kier alpha value is -6.36. The van der Waals surface area contributed by atoms with Gasteiger partial charge in [-0.15, -0.1) is 0 Å². The molecule has 8 aromatic carbocycles. The van der Waals surface area contributed by atoms with E-state index in [2.05, 4.69) is 239 Å². The molecule has 0 saturated carbocycles. The van der Waals surface area contributed by atoms with Crippen molar-refractivity contribution in [3.05, 3.63) is 199 Å². The highest BCUT2D eigenvalue weighted by molar-refractivity contribution is 7.22. The third kappa shape index (κ3) is 5.33. The van der Waals surface area contributed by atoms with E-state index in [1.807, 2.05) is 0 Å². The van der Waals surface area contributed by atoms with E-state index in [0.717, 1.165) is 0 Å². The molecule has 0 amide bonds. The molecular formula is C56H49BN2Si. The quantitative estimate of drug-likeness (QED) is 0.164. The van der Waals surface area contributed by atoms with Gasteiger partial charge in [-0.3, -0.25) is 0 Å². The van der Waals surface area contributed by atoms with Gasteiger partial charge in [0.05, 0.1) is 0 Å². The molecule has 0 radical (unpaired) electrons. The molecule has 3 aliphatic rings. The lowest BCUT2D eigenvalue weighted by atomic mass is 9.33. The minimum atomic E-state index is -2.73. The topological polar surface area (TPSA) is 6.48 Å². The second-order valence-corrected chi connectivity index (χ2v) is 22.7. The van der Waals surface area contributed by atoms with Crippen LogP contribution in [0, 0.1) is 0 Å². The highest BCUT2D eigenvalue weighted by atomic mass is 28.3. The van der Waals surface area contributed by atoms with Crippen molar-refractivity contribution in [2.45, 2.75) is 52.4 Å². The molecule has 2 nitrogen and oxygen atoms in total. The van der Waals surface area contributed by atoms with Crippen molar-refractivity contribution < 1.29 is 0 Å². The smallest absolute Gasteiger partial charge is 0.252 e. The van der Waals surface area contributed by atoms with Gasteiger partial charge in [-0.2, -0.15) is 0 Å². The fourth-order valence-corrected chi connectivity index (χ4v) is 15.8. The molecule has 4 heteroatoms. The van der Waals surface area contributed by atoms with Crippen molar-refractivity contribution >= 4 is 86.0 Å². The third-order valence-electron chi connectivity index (χ3n) is 13.4. The van der Waals surface area contributed by atoms with E-state index in [-0.39, 0.29) is 17.5 Å². The summed E-state index contributed by atoms with van der Waals surface area (Å²) in [6.07, 6.45) is 0. The summed E-state index contributed by atoms with van der Waals surface area (Å²) in [5.41, 5.74) is 16.7. The highest BCUT2D eigenvalue weighted by Gasteiger charge is 2.50. The number of hydrogen-bond acceptors (Lipinski definition) is 2. The maximum atomic E-state index is 2.61. The number of para-hydroxylation sites is 2. The Morgan fingerprint density at radius 2 is 0.917 bits per heavy atom. The van der Waals surface area contributed by atoms with Gasteiger partial charge in [0.2, 0.25) is 0 Å².